The number of aromatic amines is 1. The molecular formula is C18H21N5O. The molecule has 124 valence electrons. The first-order chi connectivity index (χ1) is 11.6. The number of aryl methyl sites for hydroxylation is 2. The summed E-state index contributed by atoms with van der Waals surface area (Å²) in [6, 6.07) is 9.57. The van der Waals surface area contributed by atoms with Crippen molar-refractivity contribution in [1.29, 1.82) is 0 Å². The summed E-state index contributed by atoms with van der Waals surface area (Å²) in [4.78, 5) is 12.7. The Hall–Kier alpha value is -2.89. The number of hydrogen-bond donors (Lipinski definition) is 2. The van der Waals surface area contributed by atoms with Crippen molar-refractivity contribution in [1.82, 2.24) is 20.0 Å². The smallest absolute Gasteiger partial charge is 0.259 e. The van der Waals surface area contributed by atoms with Crippen LogP contribution in [0.2, 0.25) is 0 Å². The van der Waals surface area contributed by atoms with Gasteiger partial charge in [0.2, 0.25) is 0 Å². The van der Waals surface area contributed by atoms with Crippen molar-refractivity contribution in [3.63, 3.8) is 0 Å². The summed E-state index contributed by atoms with van der Waals surface area (Å²) in [5.74, 6) is -0.130. The third-order valence-corrected chi connectivity index (χ3v) is 3.98. The summed E-state index contributed by atoms with van der Waals surface area (Å²) in [6.07, 6.45) is 2.69. The molecule has 0 atom stereocenters. The first kappa shape index (κ1) is 16.0. The molecule has 0 spiro atoms. The number of amides is 1. The molecule has 1 amide bonds. The van der Waals surface area contributed by atoms with Crippen LogP contribution in [-0.4, -0.2) is 25.9 Å². The van der Waals surface area contributed by atoms with Gasteiger partial charge < -0.3 is 5.32 Å². The van der Waals surface area contributed by atoms with Crippen LogP contribution in [0.5, 0.6) is 0 Å². The number of hydrogen-bond acceptors (Lipinski definition) is 3. The van der Waals surface area contributed by atoms with Crippen LogP contribution in [0.25, 0.3) is 11.3 Å². The fourth-order valence-corrected chi connectivity index (χ4v) is 2.83. The molecule has 0 bridgehead atoms. The van der Waals surface area contributed by atoms with Gasteiger partial charge in [0, 0.05) is 29.7 Å². The molecule has 2 N–H and O–H groups in total. The van der Waals surface area contributed by atoms with E-state index in [1.807, 2.05) is 48.9 Å². The van der Waals surface area contributed by atoms with Crippen LogP contribution in [0, 0.1) is 13.8 Å². The number of benzene rings is 1. The number of nitrogens with zero attached hydrogens (tertiary/aromatic N) is 3. The summed E-state index contributed by atoms with van der Waals surface area (Å²) >= 11 is 0. The third-order valence-electron chi connectivity index (χ3n) is 3.98. The zero-order valence-corrected chi connectivity index (χ0v) is 14.1. The number of H-pyrrole nitrogens is 1. The molecule has 0 aliphatic heterocycles. The molecule has 24 heavy (non-hydrogen) atoms. The Kier molecular flexibility index (Phi) is 4.46. The van der Waals surface area contributed by atoms with Crippen molar-refractivity contribution in [3.8, 4) is 11.3 Å². The average molecular weight is 323 g/mol. The van der Waals surface area contributed by atoms with Gasteiger partial charge in [-0.25, -0.2) is 0 Å². The quantitative estimate of drug-likeness (QED) is 0.754. The van der Waals surface area contributed by atoms with Crippen molar-refractivity contribution in [2.45, 2.75) is 33.7 Å². The lowest BCUT2D eigenvalue weighted by molar-refractivity contribution is 0.102. The second kappa shape index (κ2) is 6.70. The van der Waals surface area contributed by atoms with Gasteiger partial charge in [0.15, 0.2) is 0 Å². The van der Waals surface area contributed by atoms with E-state index in [4.69, 9.17) is 0 Å². The molecule has 3 aromatic rings. The maximum atomic E-state index is 12.7. The Morgan fingerprint density at radius 2 is 2.12 bits per heavy atom. The molecule has 3 rings (SSSR count). The molecule has 2 heterocycles. The van der Waals surface area contributed by atoms with Gasteiger partial charge in [-0.05, 0) is 38.5 Å². The Labute approximate surface area is 140 Å². The van der Waals surface area contributed by atoms with E-state index in [1.165, 1.54) is 0 Å². The Bertz CT molecular complexity index is 848. The minimum absolute atomic E-state index is 0.130. The summed E-state index contributed by atoms with van der Waals surface area (Å²) < 4.78 is 1.89. The number of aromatic nitrogens is 4. The summed E-state index contributed by atoms with van der Waals surface area (Å²) in [7, 11) is 0. The van der Waals surface area contributed by atoms with Crippen LogP contribution in [0.3, 0.4) is 0 Å². The molecule has 1 aromatic carbocycles. The molecule has 0 unspecified atom stereocenters. The second-order valence-corrected chi connectivity index (χ2v) is 5.77. The highest BCUT2D eigenvalue weighted by Crippen LogP contribution is 2.22. The molecule has 0 saturated heterocycles. The summed E-state index contributed by atoms with van der Waals surface area (Å²) in [6.45, 7) is 6.72. The van der Waals surface area contributed by atoms with Crippen molar-refractivity contribution in [2.24, 2.45) is 0 Å². The Morgan fingerprint density at radius 1 is 1.29 bits per heavy atom. The Morgan fingerprint density at radius 3 is 2.83 bits per heavy atom. The Balaban J connectivity index is 1.84. The van der Waals surface area contributed by atoms with Crippen LogP contribution in [0.15, 0.2) is 36.5 Å². The SMILES string of the molecule is CCCn1nc(C)c(C(=O)Nc2cccc(-c3ccn[nH]3)c2)c1C. The number of carbonyl (C=O) groups excluding carboxylic acids is 1. The molecule has 0 saturated carbocycles. The van der Waals surface area contributed by atoms with Gasteiger partial charge >= 0.3 is 0 Å². The maximum absolute atomic E-state index is 12.7. The van der Waals surface area contributed by atoms with Crippen LogP contribution in [-0.2, 0) is 6.54 Å². The molecule has 6 nitrogen and oxygen atoms in total. The molecule has 0 aliphatic carbocycles. The number of carbonyl (C=O) groups is 1. The van der Waals surface area contributed by atoms with E-state index in [0.29, 0.717) is 5.56 Å². The predicted molar refractivity (Wildman–Crippen MR) is 94.0 cm³/mol. The van der Waals surface area contributed by atoms with Crippen LogP contribution >= 0.6 is 0 Å². The van der Waals surface area contributed by atoms with E-state index in [-0.39, 0.29) is 5.91 Å². The highest BCUT2D eigenvalue weighted by molar-refractivity contribution is 6.06. The number of rotatable bonds is 5. The van der Waals surface area contributed by atoms with Gasteiger partial charge in [-0.15, -0.1) is 0 Å². The van der Waals surface area contributed by atoms with E-state index in [1.54, 1.807) is 6.20 Å². The molecule has 2 aromatic heterocycles. The minimum Gasteiger partial charge on any atom is -0.322 e. The number of anilines is 1. The highest BCUT2D eigenvalue weighted by Gasteiger charge is 2.18. The average Bonchev–Trinajstić information content (AvgIpc) is 3.17. The molecule has 0 radical (unpaired) electrons. The van der Waals surface area contributed by atoms with Gasteiger partial charge in [0.1, 0.15) is 0 Å². The predicted octanol–water partition coefficient (Wildman–Crippen LogP) is 3.55. The molecule has 0 fully saturated rings. The normalized spacial score (nSPS) is 10.8. The van der Waals surface area contributed by atoms with Crippen molar-refractivity contribution in [2.75, 3.05) is 5.32 Å². The highest BCUT2D eigenvalue weighted by atomic mass is 16.1. The molecule has 0 aliphatic rings. The van der Waals surface area contributed by atoms with Gasteiger partial charge in [0.25, 0.3) is 5.91 Å². The standard InChI is InChI=1S/C18H21N5O/c1-4-10-23-13(3)17(12(2)22-23)18(24)20-15-7-5-6-14(11-15)16-8-9-19-21-16/h5-9,11H,4,10H2,1-3H3,(H,19,21)(H,20,24). The van der Waals surface area contributed by atoms with Crippen LogP contribution < -0.4 is 5.32 Å². The zero-order valence-electron chi connectivity index (χ0n) is 14.1. The monoisotopic (exact) mass is 323 g/mol. The van der Waals surface area contributed by atoms with E-state index in [9.17, 15) is 4.79 Å². The van der Waals surface area contributed by atoms with Crippen LogP contribution in [0.1, 0.15) is 35.1 Å². The van der Waals surface area contributed by atoms with E-state index in [2.05, 4.69) is 27.5 Å². The molecular weight excluding hydrogens is 302 g/mol. The maximum Gasteiger partial charge on any atom is 0.259 e. The fraction of sp³-hybridized carbons (Fsp3) is 0.278. The van der Waals surface area contributed by atoms with E-state index >= 15 is 0 Å². The van der Waals surface area contributed by atoms with Gasteiger partial charge in [-0.2, -0.15) is 10.2 Å². The third kappa shape index (κ3) is 3.08. The van der Waals surface area contributed by atoms with Crippen molar-refractivity contribution < 1.29 is 4.79 Å². The lowest BCUT2D eigenvalue weighted by Crippen LogP contribution is -2.14. The van der Waals surface area contributed by atoms with Crippen molar-refractivity contribution in [3.05, 3.63) is 53.5 Å². The van der Waals surface area contributed by atoms with E-state index < -0.39 is 0 Å². The largest absolute Gasteiger partial charge is 0.322 e. The topological polar surface area (TPSA) is 75.6 Å². The van der Waals surface area contributed by atoms with Crippen molar-refractivity contribution >= 4 is 11.6 Å². The van der Waals surface area contributed by atoms with Gasteiger partial charge in [0.05, 0.1) is 17.0 Å². The lowest BCUT2D eigenvalue weighted by atomic mass is 10.1. The lowest BCUT2D eigenvalue weighted by Gasteiger charge is -2.08. The van der Waals surface area contributed by atoms with Gasteiger partial charge in [-0.3, -0.25) is 14.6 Å². The second-order valence-electron chi connectivity index (χ2n) is 5.77. The minimum atomic E-state index is -0.130. The van der Waals surface area contributed by atoms with E-state index in [0.717, 1.165) is 41.3 Å². The first-order valence-electron chi connectivity index (χ1n) is 8.05. The summed E-state index contributed by atoms with van der Waals surface area (Å²) in [5, 5.41) is 14.3. The fourth-order valence-electron chi connectivity index (χ4n) is 2.83. The number of nitrogens with one attached hydrogen (secondary N) is 2. The zero-order chi connectivity index (χ0) is 17.1. The van der Waals surface area contributed by atoms with Crippen LogP contribution in [0.4, 0.5) is 5.69 Å². The summed E-state index contributed by atoms with van der Waals surface area (Å²) in [5.41, 5.74) is 4.93. The first-order valence-corrected chi connectivity index (χ1v) is 8.05. The molecule has 6 heteroatoms. The van der Waals surface area contributed by atoms with Gasteiger partial charge in [-0.1, -0.05) is 19.1 Å².